The molecule has 1 unspecified atom stereocenters. The molecule has 0 spiro atoms. The van der Waals surface area contributed by atoms with Crippen molar-refractivity contribution < 1.29 is 9.18 Å². The van der Waals surface area contributed by atoms with Crippen LogP contribution in [0.15, 0.2) is 18.2 Å². The Balaban J connectivity index is 2.16. The fourth-order valence-corrected chi connectivity index (χ4v) is 3.02. The predicted molar refractivity (Wildman–Crippen MR) is 78.2 cm³/mol. The summed E-state index contributed by atoms with van der Waals surface area (Å²) in [6.45, 7) is 2.65. The van der Waals surface area contributed by atoms with Gasteiger partial charge in [-0.1, -0.05) is 22.0 Å². The van der Waals surface area contributed by atoms with Crippen molar-refractivity contribution in [2.24, 2.45) is 0 Å². The van der Waals surface area contributed by atoms with E-state index in [9.17, 15) is 9.18 Å². The van der Waals surface area contributed by atoms with Crippen molar-refractivity contribution in [3.8, 4) is 0 Å². The maximum atomic E-state index is 13.3. The highest BCUT2D eigenvalue weighted by Crippen LogP contribution is 2.25. The molecule has 0 radical (unpaired) electrons. The van der Waals surface area contributed by atoms with Crippen LogP contribution >= 0.6 is 15.9 Å². The van der Waals surface area contributed by atoms with E-state index in [-0.39, 0.29) is 11.7 Å². The summed E-state index contributed by atoms with van der Waals surface area (Å²) < 4.78 is 13.3. The van der Waals surface area contributed by atoms with Crippen LogP contribution in [0, 0.1) is 12.7 Å². The summed E-state index contributed by atoms with van der Waals surface area (Å²) in [5, 5.41) is 0.963. The van der Waals surface area contributed by atoms with E-state index in [2.05, 4.69) is 15.9 Å². The molecule has 2 nitrogen and oxygen atoms in total. The molecule has 1 atom stereocenters. The lowest BCUT2D eigenvalue weighted by molar-refractivity contribution is 0.0729. The van der Waals surface area contributed by atoms with E-state index in [4.69, 9.17) is 0 Å². The zero-order chi connectivity index (χ0) is 13.8. The first-order chi connectivity index (χ1) is 9.13. The summed E-state index contributed by atoms with van der Waals surface area (Å²) >= 11 is 3.43. The summed E-state index contributed by atoms with van der Waals surface area (Å²) in [4.78, 5) is 14.5. The third-order valence-electron chi connectivity index (χ3n) is 3.74. The molecule has 1 aromatic carbocycles. The molecule has 0 bridgehead atoms. The number of carbonyl (C=O) groups is 1. The average Bonchev–Trinajstić information content (AvgIpc) is 2.86. The highest BCUT2D eigenvalue weighted by Gasteiger charge is 2.29. The van der Waals surface area contributed by atoms with Crippen molar-refractivity contribution in [3.63, 3.8) is 0 Å². The molecule has 19 heavy (non-hydrogen) atoms. The van der Waals surface area contributed by atoms with E-state index in [1.807, 2.05) is 11.8 Å². The number of benzene rings is 1. The Kier molecular flexibility index (Phi) is 4.97. The zero-order valence-electron chi connectivity index (χ0n) is 11.2. The van der Waals surface area contributed by atoms with Gasteiger partial charge < -0.3 is 4.90 Å². The Morgan fingerprint density at radius 3 is 3.05 bits per heavy atom. The zero-order valence-corrected chi connectivity index (χ0v) is 12.7. The molecule has 1 heterocycles. The molecule has 0 aromatic heterocycles. The number of rotatable bonds is 4. The van der Waals surface area contributed by atoms with E-state index >= 15 is 0 Å². The number of halogens is 2. The Hall–Kier alpha value is -0.900. The molecular weight excluding hydrogens is 309 g/mol. The van der Waals surface area contributed by atoms with Crippen molar-refractivity contribution in [2.45, 2.75) is 38.6 Å². The topological polar surface area (TPSA) is 20.3 Å². The Bertz CT molecular complexity index is 463. The third kappa shape index (κ3) is 3.35. The second-order valence-electron chi connectivity index (χ2n) is 5.09. The number of hydrogen-bond acceptors (Lipinski definition) is 1. The van der Waals surface area contributed by atoms with E-state index < -0.39 is 0 Å². The summed E-state index contributed by atoms with van der Waals surface area (Å²) in [6.07, 6.45) is 4.20. The van der Waals surface area contributed by atoms with Crippen LogP contribution in [-0.4, -0.2) is 28.7 Å². The SMILES string of the molecule is Cc1ccc(F)cc1C(=O)N1CCCC1CCCBr. The van der Waals surface area contributed by atoms with E-state index in [0.717, 1.165) is 43.1 Å². The number of aryl methyl sites for hydroxylation is 1. The van der Waals surface area contributed by atoms with Gasteiger partial charge in [-0.25, -0.2) is 4.39 Å². The van der Waals surface area contributed by atoms with E-state index in [0.29, 0.717) is 11.6 Å². The first-order valence-electron chi connectivity index (χ1n) is 6.76. The standard InChI is InChI=1S/C15H19BrFNO/c1-11-6-7-12(17)10-14(11)15(19)18-9-3-5-13(18)4-2-8-16/h6-7,10,13H,2-5,8-9H2,1H3. The largest absolute Gasteiger partial charge is 0.336 e. The van der Waals surface area contributed by atoms with Crippen LogP contribution in [0.2, 0.25) is 0 Å². The van der Waals surface area contributed by atoms with Gasteiger partial charge in [0.15, 0.2) is 0 Å². The van der Waals surface area contributed by atoms with Gasteiger partial charge >= 0.3 is 0 Å². The number of alkyl halides is 1. The lowest BCUT2D eigenvalue weighted by atomic mass is 10.1. The molecule has 1 fully saturated rings. The second-order valence-corrected chi connectivity index (χ2v) is 5.88. The first-order valence-corrected chi connectivity index (χ1v) is 7.88. The number of amides is 1. The number of hydrogen-bond donors (Lipinski definition) is 0. The molecule has 1 saturated heterocycles. The van der Waals surface area contributed by atoms with Crippen molar-refractivity contribution in [3.05, 3.63) is 35.1 Å². The summed E-state index contributed by atoms with van der Waals surface area (Å²) in [7, 11) is 0. The van der Waals surface area contributed by atoms with Gasteiger partial charge in [0.05, 0.1) is 0 Å². The highest BCUT2D eigenvalue weighted by molar-refractivity contribution is 9.09. The molecule has 0 N–H and O–H groups in total. The maximum Gasteiger partial charge on any atom is 0.254 e. The van der Waals surface area contributed by atoms with Gasteiger partial charge in [0, 0.05) is 23.5 Å². The normalized spacial score (nSPS) is 18.9. The van der Waals surface area contributed by atoms with Gasteiger partial charge in [-0.15, -0.1) is 0 Å². The molecule has 1 aromatic rings. The van der Waals surface area contributed by atoms with Gasteiger partial charge in [0.2, 0.25) is 0 Å². The van der Waals surface area contributed by atoms with E-state index in [1.54, 1.807) is 6.07 Å². The van der Waals surface area contributed by atoms with Crippen LogP contribution in [-0.2, 0) is 0 Å². The van der Waals surface area contributed by atoms with Crippen LogP contribution in [0.1, 0.15) is 41.6 Å². The van der Waals surface area contributed by atoms with Crippen molar-refractivity contribution in [1.82, 2.24) is 4.90 Å². The molecule has 2 rings (SSSR count). The lowest BCUT2D eigenvalue weighted by Crippen LogP contribution is -2.36. The fraction of sp³-hybridized carbons (Fsp3) is 0.533. The second kappa shape index (κ2) is 6.51. The number of nitrogens with zero attached hydrogens (tertiary/aromatic N) is 1. The van der Waals surface area contributed by atoms with Crippen molar-refractivity contribution in [1.29, 1.82) is 0 Å². The average molecular weight is 328 g/mol. The summed E-state index contributed by atoms with van der Waals surface area (Å²) in [5.41, 5.74) is 1.35. The molecule has 1 aliphatic rings. The molecular formula is C15H19BrFNO. The van der Waals surface area contributed by atoms with Crippen LogP contribution in [0.5, 0.6) is 0 Å². The van der Waals surface area contributed by atoms with Gasteiger partial charge in [-0.3, -0.25) is 4.79 Å². The minimum Gasteiger partial charge on any atom is -0.336 e. The fourth-order valence-electron chi connectivity index (χ4n) is 2.70. The summed E-state index contributed by atoms with van der Waals surface area (Å²) in [5.74, 6) is -0.362. The third-order valence-corrected chi connectivity index (χ3v) is 4.30. The van der Waals surface area contributed by atoms with Gasteiger partial charge in [-0.2, -0.15) is 0 Å². The highest BCUT2D eigenvalue weighted by atomic mass is 79.9. The molecule has 0 aliphatic carbocycles. The Labute approximate surface area is 122 Å². The van der Waals surface area contributed by atoms with Crippen LogP contribution in [0.25, 0.3) is 0 Å². The Morgan fingerprint density at radius 1 is 1.53 bits per heavy atom. The smallest absolute Gasteiger partial charge is 0.254 e. The van der Waals surface area contributed by atoms with Crippen LogP contribution < -0.4 is 0 Å². The van der Waals surface area contributed by atoms with Crippen LogP contribution in [0.3, 0.4) is 0 Å². The first kappa shape index (κ1) is 14.5. The van der Waals surface area contributed by atoms with Gasteiger partial charge in [0.25, 0.3) is 5.91 Å². The quantitative estimate of drug-likeness (QED) is 0.768. The number of likely N-dealkylation sites (tertiary alicyclic amines) is 1. The van der Waals surface area contributed by atoms with Crippen molar-refractivity contribution in [2.75, 3.05) is 11.9 Å². The monoisotopic (exact) mass is 327 g/mol. The predicted octanol–water partition coefficient (Wildman–Crippen LogP) is 3.91. The van der Waals surface area contributed by atoms with Crippen LogP contribution in [0.4, 0.5) is 4.39 Å². The van der Waals surface area contributed by atoms with Gasteiger partial charge in [-0.05, 0) is 50.3 Å². The Morgan fingerprint density at radius 2 is 2.32 bits per heavy atom. The minimum absolute atomic E-state index is 0.0194. The molecule has 104 valence electrons. The lowest BCUT2D eigenvalue weighted by Gasteiger charge is -2.25. The molecule has 1 aliphatic heterocycles. The molecule has 1 amide bonds. The summed E-state index contributed by atoms with van der Waals surface area (Å²) in [6, 6.07) is 4.75. The molecule has 0 saturated carbocycles. The van der Waals surface area contributed by atoms with Gasteiger partial charge in [0.1, 0.15) is 5.82 Å². The maximum absolute atomic E-state index is 13.3. The minimum atomic E-state index is -0.342. The molecule has 4 heteroatoms. The van der Waals surface area contributed by atoms with E-state index in [1.165, 1.54) is 12.1 Å². The number of carbonyl (C=O) groups excluding carboxylic acids is 1. The van der Waals surface area contributed by atoms with Crippen molar-refractivity contribution >= 4 is 21.8 Å².